The van der Waals surface area contributed by atoms with Gasteiger partial charge in [-0.1, -0.05) is 0 Å². The molecule has 0 radical (unpaired) electrons. The molecule has 0 saturated heterocycles. The predicted molar refractivity (Wildman–Crippen MR) is 77.0 cm³/mol. The number of methoxy groups -OCH3 is 1. The highest BCUT2D eigenvalue weighted by molar-refractivity contribution is 7.15. The lowest BCUT2D eigenvalue weighted by atomic mass is 10.4. The standard InChI is InChI=1S/C13H21N3O2S/c1-10(2)18-7-4-5-14-9-11-12(17-3)15-13-16(11)6-8-19-13/h6,8,10,14H,4-5,7,9H2,1-3H3. The number of hydrogen-bond donors (Lipinski definition) is 1. The van der Waals surface area contributed by atoms with Crippen molar-refractivity contribution in [3.05, 3.63) is 17.3 Å². The van der Waals surface area contributed by atoms with Gasteiger partial charge in [-0.25, -0.2) is 0 Å². The van der Waals surface area contributed by atoms with Gasteiger partial charge in [0, 0.05) is 24.7 Å². The second kappa shape index (κ2) is 6.88. The van der Waals surface area contributed by atoms with Gasteiger partial charge >= 0.3 is 0 Å². The van der Waals surface area contributed by atoms with Crippen molar-refractivity contribution in [1.82, 2.24) is 14.7 Å². The van der Waals surface area contributed by atoms with Crippen LogP contribution in [0.5, 0.6) is 5.88 Å². The van der Waals surface area contributed by atoms with Gasteiger partial charge in [0.15, 0.2) is 4.96 Å². The maximum atomic E-state index is 5.50. The van der Waals surface area contributed by atoms with Crippen LogP contribution in [0, 0.1) is 0 Å². The molecule has 5 nitrogen and oxygen atoms in total. The molecule has 106 valence electrons. The summed E-state index contributed by atoms with van der Waals surface area (Å²) in [5, 5.41) is 5.43. The second-order valence-corrected chi connectivity index (χ2v) is 5.45. The Morgan fingerprint density at radius 2 is 2.32 bits per heavy atom. The topological polar surface area (TPSA) is 47.8 Å². The van der Waals surface area contributed by atoms with Crippen molar-refractivity contribution in [2.75, 3.05) is 20.3 Å². The van der Waals surface area contributed by atoms with E-state index in [-0.39, 0.29) is 0 Å². The summed E-state index contributed by atoms with van der Waals surface area (Å²) >= 11 is 1.61. The summed E-state index contributed by atoms with van der Waals surface area (Å²) in [7, 11) is 1.66. The lowest BCUT2D eigenvalue weighted by Crippen LogP contribution is -2.18. The van der Waals surface area contributed by atoms with Crippen LogP contribution >= 0.6 is 11.3 Å². The minimum Gasteiger partial charge on any atom is -0.480 e. The van der Waals surface area contributed by atoms with Crippen molar-refractivity contribution in [1.29, 1.82) is 0 Å². The van der Waals surface area contributed by atoms with Gasteiger partial charge in [-0.15, -0.1) is 11.3 Å². The SMILES string of the molecule is COc1nc2sccn2c1CNCCCOC(C)C. The normalized spacial score (nSPS) is 11.6. The van der Waals surface area contributed by atoms with Crippen LogP contribution in [0.4, 0.5) is 0 Å². The summed E-state index contributed by atoms with van der Waals surface area (Å²) in [4.78, 5) is 5.39. The summed E-state index contributed by atoms with van der Waals surface area (Å²) in [5.74, 6) is 0.706. The van der Waals surface area contributed by atoms with Gasteiger partial charge in [0.2, 0.25) is 5.88 Å². The number of nitrogens with one attached hydrogen (secondary N) is 1. The van der Waals surface area contributed by atoms with Crippen molar-refractivity contribution in [2.24, 2.45) is 0 Å². The molecule has 0 aliphatic heterocycles. The molecule has 0 aliphatic carbocycles. The van der Waals surface area contributed by atoms with Gasteiger partial charge in [-0.05, 0) is 26.8 Å². The van der Waals surface area contributed by atoms with Crippen LogP contribution in [0.15, 0.2) is 11.6 Å². The second-order valence-electron chi connectivity index (χ2n) is 4.57. The maximum absolute atomic E-state index is 5.50. The zero-order valence-corrected chi connectivity index (χ0v) is 12.5. The molecule has 0 amide bonds. The van der Waals surface area contributed by atoms with Crippen molar-refractivity contribution in [3.8, 4) is 5.88 Å². The Hall–Kier alpha value is -1.11. The van der Waals surface area contributed by atoms with Crippen LogP contribution in [0.3, 0.4) is 0 Å². The molecule has 0 saturated carbocycles. The lowest BCUT2D eigenvalue weighted by molar-refractivity contribution is 0.0770. The van der Waals surface area contributed by atoms with Crippen LogP contribution in [0.2, 0.25) is 0 Å². The van der Waals surface area contributed by atoms with Crippen LogP contribution < -0.4 is 10.1 Å². The number of rotatable bonds is 8. The molecule has 0 unspecified atom stereocenters. The molecule has 0 aromatic carbocycles. The smallest absolute Gasteiger partial charge is 0.237 e. The molecule has 0 bridgehead atoms. The Labute approximate surface area is 117 Å². The van der Waals surface area contributed by atoms with E-state index in [0.717, 1.165) is 36.8 Å². The molecule has 6 heteroatoms. The highest BCUT2D eigenvalue weighted by atomic mass is 32.1. The molecule has 0 atom stereocenters. The largest absolute Gasteiger partial charge is 0.480 e. The monoisotopic (exact) mass is 283 g/mol. The summed E-state index contributed by atoms with van der Waals surface area (Å²) in [5.41, 5.74) is 1.07. The maximum Gasteiger partial charge on any atom is 0.237 e. The Morgan fingerprint density at radius 1 is 1.47 bits per heavy atom. The molecule has 2 rings (SSSR count). The Balaban J connectivity index is 1.82. The first-order valence-electron chi connectivity index (χ1n) is 6.53. The molecule has 2 aromatic heterocycles. The minimum atomic E-state index is 0.306. The third-order valence-electron chi connectivity index (χ3n) is 2.76. The average molecular weight is 283 g/mol. The van der Waals surface area contributed by atoms with Crippen LogP contribution in [0.1, 0.15) is 26.0 Å². The zero-order chi connectivity index (χ0) is 13.7. The van der Waals surface area contributed by atoms with Crippen molar-refractivity contribution in [2.45, 2.75) is 32.9 Å². The Morgan fingerprint density at radius 3 is 3.05 bits per heavy atom. The van der Waals surface area contributed by atoms with E-state index >= 15 is 0 Å². The van der Waals surface area contributed by atoms with E-state index in [0.29, 0.717) is 12.0 Å². The fourth-order valence-corrected chi connectivity index (χ4v) is 2.58. The van der Waals surface area contributed by atoms with E-state index in [4.69, 9.17) is 9.47 Å². The van der Waals surface area contributed by atoms with E-state index in [1.807, 2.05) is 11.6 Å². The fraction of sp³-hybridized carbons (Fsp3) is 0.615. The van der Waals surface area contributed by atoms with Crippen LogP contribution in [0.25, 0.3) is 4.96 Å². The van der Waals surface area contributed by atoms with Gasteiger partial charge < -0.3 is 14.8 Å². The van der Waals surface area contributed by atoms with Gasteiger partial charge in [-0.3, -0.25) is 4.40 Å². The van der Waals surface area contributed by atoms with Crippen molar-refractivity contribution in [3.63, 3.8) is 0 Å². The molecule has 0 aliphatic rings. The van der Waals surface area contributed by atoms with Crippen LogP contribution in [-0.2, 0) is 11.3 Å². The highest BCUT2D eigenvalue weighted by Crippen LogP contribution is 2.22. The predicted octanol–water partition coefficient (Wildman–Crippen LogP) is 2.31. The molecule has 19 heavy (non-hydrogen) atoms. The van der Waals surface area contributed by atoms with E-state index in [2.05, 4.69) is 28.5 Å². The first-order chi connectivity index (χ1) is 9.22. The molecule has 0 spiro atoms. The Bertz CT molecular complexity index is 507. The third kappa shape index (κ3) is 3.68. The molecule has 2 heterocycles. The van der Waals surface area contributed by atoms with E-state index in [1.165, 1.54) is 0 Å². The fourth-order valence-electron chi connectivity index (χ4n) is 1.86. The van der Waals surface area contributed by atoms with Gasteiger partial charge in [0.05, 0.1) is 13.2 Å². The molecule has 0 fully saturated rings. The number of ether oxygens (including phenoxy) is 2. The average Bonchev–Trinajstić information content (AvgIpc) is 2.94. The number of imidazole rings is 1. The molecular formula is C13H21N3O2S. The zero-order valence-electron chi connectivity index (χ0n) is 11.7. The molecule has 1 N–H and O–H groups in total. The number of thiazole rings is 1. The summed E-state index contributed by atoms with van der Waals surface area (Å²) in [6, 6.07) is 0. The van der Waals surface area contributed by atoms with Gasteiger partial charge in [-0.2, -0.15) is 4.98 Å². The highest BCUT2D eigenvalue weighted by Gasteiger charge is 2.12. The number of fused-ring (bicyclic) bond motifs is 1. The van der Waals surface area contributed by atoms with Crippen molar-refractivity contribution >= 4 is 16.3 Å². The quantitative estimate of drug-likeness (QED) is 0.755. The number of hydrogen-bond acceptors (Lipinski definition) is 5. The van der Waals surface area contributed by atoms with Gasteiger partial charge in [0.25, 0.3) is 0 Å². The third-order valence-corrected chi connectivity index (χ3v) is 3.52. The summed E-state index contributed by atoms with van der Waals surface area (Å²) in [6.07, 6.45) is 3.33. The van der Waals surface area contributed by atoms with E-state index in [1.54, 1.807) is 18.4 Å². The van der Waals surface area contributed by atoms with Crippen LogP contribution in [-0.4, -0.2) is 35.8 Å². The molecular weight excluding hydrogens is 262 g/mol. The Kier molecular flexibility index (Phi) is 5.18. The lowest BCUT2D eigenvalue weighted by Gasteiger charge is -2.08. The van der Waals surface area contributed by atoms with E-state index < -0.39 is 0 Å². The first kappa shape index (κ1) is 14.3. The van der Waals surface area contributed by atoms with E-state index in [9.17, 15) is 0 Å². The van der Waals surface area contributed by atoms with Gasteiger partial charge in [0.1, 0.15) is 5.69 Å². The number of aromatic nitrogens is 2. The summed E-state index contributed by atoms with van der Waals surface area (Å²) in [6.45, 7) is 6.58. The van der Waals surface area contributed by atoms with Crippen molar-refractivity contribution < 1.29 is 9.47 Å². The number of nitrogens with zero attached hydrogens (tertiary/aromatic N) is 2. The summed E-state index contributed by atoms with van der Waals surface area (Å²) < 4.78 is 12.9. The first-order valence-corrected chi connectivity index (χ1v) is 7.41. The minimum absolute atomic E-state index is 0.306. The molecule has 2 aromatic rings.